The van der Waals surface area contributed by atoms with Crippen molar-refractivity contribution in [1.29, 1.82) is 0 Å². The lowest BCUT2D eigenvalue weighted by Crippen LogP contribution is -2.47. The van der Waals surface area contributed by atoms with E-state index in [-0.39, 0.29) is 11.9 Å². The summed E-state index contributed by atoms with van der Waals surface area (Å²) in [5.74, 6) is 5.78. The molecule has 102 valence electrons. The largest absolute Gasteiger partial charge is 0.381 e. The fraction of sp³-hybridized carbons (Fsp3) is 0.500. The maximum absolute atomic E-state index is 12.1. The van der Waals surface area contributed by atoms with Gasteiger partial charge < -0.3 is 15.8 Å². The lowest BCUT2D eigenvalue weighted by atomic mass is 9.89. The molecule has 2 rings (SSSR count). The highest BCUT2D eigenvalue weighted by Gasteiger charge is 2.30. The van der Waals surface area contributed by atoms with Gasteiger partial charge in [0, 0.05) is 13.2 Å². The molecular formula is C14H18N2O2S. The minimum atomic E-state index is -0.0200. The molecule has 0 atom stereocenters. The van der Waals surface area contributed by atoms with Crippen molar-refractivity contribution in [2.45, 2.75) is 31.9 Å². The molecular weight excluding hydrogens is 260 g/mol. The average molecular weight is 278 g/mol. The number of amides is 1. The molecule has 4 nitrogen and oxygen atoms in total. The maximum Gasteiger partial charge on any atom is 0.261 e. The van der Waals surface area contributed by atoms with Gasteiger partial charge in [0.1, 0.15) is 0 Å². The highest BCUT2D eigenvalue weighted by molar-refractivity contribution is 7.14. The van der Waals surface area contributed by atoms with E-state index >= 15 is 0 Å². The number of rotatable bonds is 3. The van der Waals surface area contributed by atoms with Crippen LogP contribution in [0.2, 0.25) is 0 Å². The Kier molecular flexibility index (Phi) is 4.59. The number of carbonyl (C=O) groups excluding carboxylic acids is 1. The van der Waals surface area contributed by atoms with Gasteiger partial charge in [-0.2, -0.15) is 0 Å². The lowest BCUT2D eigenvalue weighted by molar-refractivity contribution is 0.0177. The molecule has 1 aromatic rings. The number of aryl methyl sites for hydroxylation is 1. The van der Waals surface area contributed by atoms with E-state index in [1.165, 1.54) is 11.3 Å². The van der Waals surface area contributed by atoms with Crippen LogP contribution in [-0.4, -0.2) is 31.7 Å². The molecule has 0 aliphatic heterocycles. The maximum atomic E-state index is 12.1. The number of hydrogen-bond donors (Lipinski definition) is 2. The summed E-state index contributed by atoms with van der Waals surface area (Å²) >= 11 is 1.42. The second-order valence-corrected chi connectivity index (χ2v) is 5.68. The Morgan fingerprint density at radius 3 is 3.00 bits per heavy atom. The van der Waals surface area contributed by atoms with Crippen LogP contribution in [0.3, 0.4) is 0 Å². The molecule has 3 N–H and O–H groups in total. The molecule has 0 bridgehead atoms. The minimum absolute atomic E-state index is 0.0200. The molecule has 0 radical (unpaired) electrons. The number of ether oxygens (including phenoxy) is 1. The summed E-state index contributed by atoms with van der Waals surface area (Å²) < 4.78 is 5.19. The van der Waals surface area contributed by atoms with Crippen molar-refractivity contribution in [3.05, 3.63) is 21.4 Å². The van der Waals surface area contributed by atoms with E-state index in [0.29, 0.717) is 17.5 Å². The molecule has 5 heteroatoms. The first-order valence-corrected chi connectivity index (χ1v) is 7.08. The normalized spacial score (nSPS) is 21.2. The minimum Gasteiger partial charge on any atom is -0.381 e. The van der Waals surface area contributed by atoms with Crippen molar-refractivity contribution in [2.24, 2.45) is 5.73 Å². The quantitative estimate of drug-likeness (QED) is 0.819. The Hall–Kier alpha value is -1.35. The van der Waals surface area contributed by atoms with Crippen LogP contribution in [0.4, 0.5) is 0 Å². The number of hydrogen-bond acceptors (Lipinski definition) is 4. The van der Waals surface area contributed by atoms with E-state index in [9.17, 15) is 4.79 Å². The van der Waals surface area contributed by atoms with Gasteiger partial charge >= 0.3 is 0 Å². The second-order valence-electron chi connectivity index (χ2n) is 4.63. The van der Waals surface area contributed by atoms with Crippen LogP contribution >= 0.6 is 11.3 Å². The van der Waals surface area contributed by atoms with E-state index in [0.717, 1.165) is 23.3 Å². The van der Waals surface area contributed by atoms with Gasteiger partial charge in [-0.3, -0.25) is 4.79 Å². The number of thiophene rings is 1. The zero-order chi connectivity index (χ0) is 13.8. The molecule has 19 heavy (non-hydrogen) atoms. The van der Waals surface area contributed by atoms with Gasteiger partial charge in [-0.25, -0.2) is 0 Å². The third kappa shape index (κ3) is 3.35. The van der Waals surface area contributed by atoms with Gasteiger partial charge in [-0.15, -0.1) is 11.3 Å². The molecule has 1 aromatic heterocycles. The summed E-state index contributed by atoms with van der Waals surface area (Å²) in [6.07, 6.45) is 2.08. The van der Waals surface area contributed by atoms with Crippen LogP contribution in [0.25, 0.3) is 0 Å². The zero-order valence-corrected chi connectivity index (χ0v) is 12.0. The van der Waals surface area contributed by atoms with E-state index in [4.69, 9.17) is 10.5 Å². The van der Waals surface area contributed by atoms with Crippen molar-refractivity contribution in [3.63, 3.8) is 0 Å². The summed E-state index contributed by atoms with van der Waals surface area (Å²) in [5, 5.41) is 3.01. The number of methoxy groups -OCH3 is 1. The number of nitrogens with two attached hydrogens (primary N) is 1. The van der Waals surface area contributed by atoms with Crippen LogP contribution in [0.5, 0.6) is 0 Å². The Bertz CT molecular complexity index is 521. The second kappa shape index (κ2) is 6.20. The summed E-state index contributed by atoms with van der Waals surface area (Å²) in [5.41, 5.74) is 6.38. The van der Waals surface area contributed by atoms with E-state index in [2.05, 4.69) is 17.2 Å². The molecule has 1 amide bonds. The average Bonchev–Trinajstić information content (AvgIpc) is 2.72. The molecule has 1 aliphatic rings. The van der Waals surface area contributed by atoms with E-state index in [1.54, 1.807) is 7.11 Å². The van der Waals surface area contributed by atoms with Crippen LogP contribution in [0.1, 0.15) is 33.0 Å². The van der Waals surface area contributed by atoms with Crippen LogP contribution in [0.15, 0.2) is 6.07 Å². The lowest BCUT2D eigenvalue weighted by Gasteiger charge is -2.34. The molecule has 0 spiro atoms. The van der Waals surface area contributed by atoms with Crippen molar-refractivity contribution < 1.29 is 9.53 Å². The zero-order valence-electron chi connectivity index (χ0n) is 11.2. The highest BCUT2D eigenvalue weighted by atomic mass is 32.1. The van der Waals surface area contributed by atoms with E-state index in [1.807, 2.05) is 13.0 Å². The fourth-order valence-corrected chi connectivity index (χ4v) is 2.93. The molecule has 1 fully saturated rings. The Morgan fingerprint density at radius 2 is 2.37 bits per heavy atom. The predicted octanol–water partition coefficient (Wildman–Crippen LogP) is 1.27. The van der Waals surface area contributed by atoms with Crippen molar-refractivity contribution >= 4 is 17.2 Å². The van der Waals surface area contributed by atoms with Gasteiger partial charge in [-0.1, -0.05) is 11.8 Å². The fourth-order valence-electron chi connectivity index (χ4n) is 1.98. The number of carbonyl (C=O) groups is 1. The smallest absolute Gasteiger partial charge is 0.261 e. The topological polar surface area (TPSA) is 64.3 Å². The predicted molar refractivity (Wildman–Crippen MR) is 76.3 cm³/mol. The standard InChI is InChI=1S/C14H18N2O2S/c1-9-6-13(19-12(9)4-3-5-15)14(17)16-10-7-11(8-10)18-2/h6,10-11H,5,7-8,15H2,1-2H3,(H,16,17). The van der Waals surface area contributed by atoms with Gasteiger partial charge in [0.05, 0.1) is 22.4 Å². The first-order valence-electron chi connectivity index (χ1n) is 6.27. The van der Waals surface area contributed by atoms with Crippen LogP contribution in [0, 0.1) is 18.8 Å². The Morgan fingerprint density at radius 1 is 1.63 bits per heavy atom. The van der Waals surface area contributed by atoms with Crippen LogP contribution in [-0.2, 0) is 4.74 Å². The highest BCUT2D eigenvalue weighted by Crippen LogP contribution is 2.25. The summed E-state index contributed by atoms with van der Waals surface area (Å²) in [6, 6.07) is 2.12. The molecule has 0 saturated heterocycles. The van der Waals surface area contributed by atoms with E-state index < -0.39 is 0 Å². The summed E-state index contributed by atoms with van der Waals surface area (Å²) in [6.45, 7) is 2.29. The molecule has 1 saturated carbocycles. The first kappa shape index (κ1) is 14.1. The van der Waals surface area contributed by atoms with Gasteiger partial charge in [-0.05, 0) is 31.4 Å². The van der Waals surface area contributed by atoms with Crippen molar-refractivity contribution in [2.75, 3.05) is 13.7 Å². The molecule has 0 aromatic carbocycles. The molecule has 1 aliphatic carbocycles. The van der Waals surface area contributed by atoms with Crippen LogP contribution < -0.4 is 11.1 Å². The van der Waals surface area contributed by atoms with Gasteiger partial charge in [0.2, 0.25) is 0 Å². The third-order valence-corrected chi connectivity index (χ3v) is 4.36. The van der Waals surface area contributed by atoms with Crippen molar-refractivity contribution in [1.82, 2.24) is 5.32 Å². The van der Waals surface area contributed by atoms with Crippen molar-refractivity contribution in [3.8, 4) is 11.8 Å². The molecule has 1 heterocycles. The van der Waals surface area contributed by atoms with Gasteiger partial charge in [0.25, 0.3) is 5.91 Å². The summed E-state index contributed by atoms with van der Waals surface area (Å²) in [4.78, 5) is 13.7. The Labute approximate surface area is 117 Å². The van der Waals surface area contributed by atoms with Gasteiger partial charge in [0.15, 0.2) is 0 Å². The third-order valence-electron chi connectivity index (χ3n) is 3.21. The summed E-state index contributed by atoms with van der Waals surface area (Å²) in [7, 11) is 1.70. The monoisotopic (exact) mass is 278 g/mol. The SMILES string of the molecule is COC1CC(NC(=O)c2cc(C)c(C#CCN)s2)C1. The Balaban J connectivity index is 1.96. The molecule has 0 unspecified atom stereocenters. The number of nitrogens with one attached hydrogen (secondary N) is 1. The first-order chi connectivity index (χ1) is 9.13.